The summed E-state index contributed by atoms with van der Waals surface area (Å²) in [6.45, 7) is 4.43. The molecule has 0 unspecified atom stereocenters. The van der Waals surface area contributed by atoms with Gasteiger partial charge in [0.2, 0.25) is 10.0 Å². The second-order valence-corrected chi connectivity index (χ2v) is 11.5. The lowest BCUT2D eigenvalue weighted by Crippen LogP contribution is -2.40. The van der Waals surface area contributed by atoms with Crippen LogP contribution in [0.25, 0.3) is 11.0 Å². The minimum atomic E-state index is -3.59. The Morgan fingerprint density at radius 3 is 2.51 bits per heavy atom. The number of hydrogen-bond donors (Lipinski definition) is 0. The van der Waals surface area contributed by atoms with E-state index >= 15 is 0 Å². The van der Waals surface area contributed by atoms with E-state index in [0.29, 0.717) is 28.9 Å². The Bertz CT molecular complexity index is 1470. The van der Waals surface area contributed by atoms with Gasteiger partial charge in [-0.2, -0.15) is 4.31 Å². The molecular formula is C27H29NO6S. The second kappa shape index (κ2) is 9.24. The number of aryl methyl sites for hydroxylation is 4. The van der Waals surface area contributed by atoms with Crippen molar-refractivity contribution in [2.45, 2.75) is 57.5 Å². The molecule has 5 rings (SSSR count). The fourth-order valence-electron chi connectivity index (χ4n) is 5.06. The first kappa shape index (κ1) is 23.8. The van der Waals surface area contributed by atoms with E-state index in [4.69, 9.17) is 9.15 Å². The Balaban J connectivity index is 1.23. The molecule has 2 aromatic carbocycles. The van der Waals surface area contributed by atoms with Crippen molar-refractivity contribution in [3.63, 3.8) is 0 Å². The van der Waals surface area contributed by atoms with Crippen molar-refractivity contribution < 1.29 is 22.4 Å². The third-order valence-corrected chi connectivity index (χ3v) is 9.20. The average molecular weight is 496 g/mol. The molecule has 1 aliphatic heterocycles. The standard InChI is InChI=1S/C27H29NO6S/c1-17-12-24-22(15-26(29)34-25(24)13-18(17)2)16-33-27(30)20-8-10-28(11-9-20)35(31,32)23-7-6-19-4-3-5-21(19)14-23/h6-7,12-15,20H,3-5,8-11,16H2,1-2H3. The molecule has 0 radical (unpaired) electrons. The first-order valence-electron chi connectivity index (χ1n) is 12.0. The summed E-state index contributed by atoms with van der Waals surface area (Å²) < 4.78 is 38.7. The lowest BCUT2D eigenvalue weighted by molar-refractivity contribution is -0.151. The summed E-state index contributed by atoms with van der Waals surface area (Å²) in [6, 6.07) is 10.5. The number of hydrogen-bond acceptors (Lipinski definition) is 6. The lowest BCUT2D eigenvalue weighted by atomic mass is 9.98. The molecule has 35 heavy (non-hydrogen) atoms. The molecular weight excluding hydrogens is 466 g/mol. The van der Waals surface area contributed by atoms with Crippen LogP contribution in [0.15, 0.2) is 50.5 Å². The predicted octanol–water partition coefficient (Wildman–Crippen LogP) is 4.04. The van der Waals surface area contributed by atoms with Crippen molar-refractivity contribution in [1.29, 1.82) is 0 Å². The number of fused-ring (bicyclic) bond motifs is 2. The van der Waals surface area contributed by atoms with E-state index in [1.165, 1.54) is 15.9 Å². The summed E-state index contributed by atoms with van der Waals surface area (Å²) in [4.78, 5) is 25.1. The van der Waals surface area contributed by atoms with Crippen LogP contribution in [0.1, 0.15) is 47.1 Å². The van der Waals surface area contributed by atoms with Gasteiger partial charge in [-0.15, -0.1) is 0 Å². The van der Waals surface area contributed by atoms with Crippen LogP contribution in [0.2, 0.25) is 0 Å². The molecule has 2 aliphatic rings. The molecule has 1 saturated heterocycles. The van der Waals surface area contributed by atoms with Gasteiger partial charge in [0.15, 0.2) is 0 Å². The second-order valence-electron chi connectivity index (χ2n) is 9.59. The van der Waals surface area contributed by atoms with Crippen molar-refractivity contribution >= 4 is 27.0 Å². The highest BCUT2D eigenvalue weighted by Crippen LogP contribution is 2.29. The highest BCUT2D eigenvalue weighted by molar-refractivity contribution is 7.89. The van der Waals surface area contributed by atoms with Crippen molar-refractivity contribution in [3.05, 3.63) is 74.6 Å². The van der Waals surface area contributed by atoms with Crippen LogP contribution in [0.3, 0.4) is 0 Å². The minimum absolute atomic E-state index is 0.0307. The number of benzene rings is 2. The third kappa shape index (κ3) is 4.65. The van der Waals surface area contributed by atoms with Crippen LogP contribution in [-0.2, 0) is 39.0 Å². The summed E-state index contributed by atoms with van der Waals surface area (Å²) >= 11 is 0. The van der Waals surface area contributed by atoms with Gasteiger partial charge in [-0.3, -0.25) is 4.79 Å². The van der Waals surface area contributed by atoms with Crippen LogP contribution in [-0.4, -0.2) is 31.8 Å². The Hall–Kier alpha value is -2.97. The molecule has 0 bridgehead atoms. The lowest BCUT2D eigenvalue weighted by Gasteiger charge is -2.30. The van der Waals surface area contributed by atoms with Crippen LogP contribution < -0.4 is 5.63 Å². The zero-order valence-corrected chi connectivity index (χ0v) is 20.8. The largest absolute Gasteiger partial charge is 0.461 e. The summed E-state index contributed by atoms with van der Waals surface area (Å²) in [7, 11) is -3.59. The molecule has 3 aromatic rings. The molecule has 0 spiro atoms. The van der Waals surface area contributed by atoms with Crippen molar-refractivity contribution in [2.24, 2.45) is 5.92 Å². The molecule has 1 aliphatic carbocycles. The van der Waals surface area contributed by atoms with E-state index in [0.717, 1.165) is 41.3 Å². The number of carbonyl (C=O) groups excluding carboxylic acids is 1. The number of nitrogens with zero attached hydrogens (tertiary/aromatic N) is 1. The van der Waals surface area contributed by atoms with Gasteiger partial charge in [-0.05, 0) is 92.5 Å². The van der Waals surface area contributed by atoms with Gasteiger partial charge in [0.1, 0.15) is 12.2 Å². The third-order valence-electron chi connectivity index (χ3n) is 7.31. The van der Waals surface area contributed by atoms with Crippen LogP contribution >= 0.6 is 0 Å². The fourth-order valence-corrected chi connectivity index (χ4v) is 6.58. The van der Waals surface area contributed by atoms with Crippen LogP contribution in [0.5, 0.6) is 0 Å². The van der Waals surface area contributed by atoms with Crippen molar-refractivity contribution in [2.75, 3.05) is 13.1 Å². The summed E-state index contributed by atoms with van der Waals surface area (Å²) in [5, 5.41) is 0.746. The molecule has 0 atom stereocenters. The summed E-state index contributed by atoms with van der Waals surface area (Å²) in [6.07, 6.45) is 3.80. The number of esters is 1. The zero-order chi connectivity index (χ0) is 24.7. The summed E-state index contributed by atoms with van der Waals surface area (Å²) in [5.74, 6) is -0.748. The van der Waals surface area contributed by atoms with E-state index in [9.17, 15) is 18.0 Å². The van der Waals surface area contributed by atoms with Crippen LogP contribution in [0, 0.1) is 19.8 Å². The minimum Gasteiger partial charge on any atom is -0.461 e. The molecule has 0 saturated carbocycles. The number of rotatable bonds is 5. The molecule has 7 nitrogen and oxygen atoms in total. The van der Waals surface area contributed by atoms with Gasteiger partial charge in [0, 0.05) is 30.1 Å². The predicted molar refractivity (Wildman–Crippen MR) is 132 cm³/mol. The van der Waals surface area contributed by atoms with E-state index < -0.39 is 15.6 Å². The highest BCUT2D eigenvalue weighted by Gasteiger charge is 2.33. The number of ether oxygens (including phenoxy) is 1. The maximum Gasteiger partial charge on any atom is 0.336 e. The van der Waals surface area contributed by atoms with Gasteiger partial charge in [-0.1, -0.05) is 6.07 Å². The van der Waals surface area contributed by atoms with Gasteiger partial charge < -0.3 is 9.15 Å². The number of piperidine rings is 1. The molecule has 0 amide bonds. The molecule has 0 N–H and O–H groups in total. The van der Waals surface area contributed by atoms with Crippen molar-refractivity contribution in [3.8, 4) is 0 Å². The van der Waals surface area contributed by atoms with E-state index in [1.54, 1.807) is 6.07 Å². The fraction of sp³-hybridized carbons (Fsp3) is 0.407. The van der Waals surface area contributed by atoms with Gasteiger partial charge in [0.25, 0.3) is 0 Å². The molecule has 1 aromatic heterocycles. The van der Waals surface area contributed by atoms with Gasteiger partial charge in [0.05, 0.1) is 10.8 Å². The van der Waals surface area contributed by atoms with E-state index in [1.807, 2.05) is 38.1 Å². The van der Waals surface area contributed by atoms with Crippen molar-refractivity contribution in [1.82, 2.24) is 4.31 Å². The maximum atomic E-state index is 13.2. The SMILES string of the molecule is Cc1cc2oc(=O)cc(COC(=O)C3CCN(S(=O)(=O)c4ccc5c(c4)CCC5)CC3)c2cc1C. The first-order chi connectivity index (χ1) is 16.7. The smallest absolute Gasteiger partial charge is 0.336 e. The average Bonchev–Trinajstić information content (AvgIpc) is 3.31. The Morgan fingerprint density at radius 1 is 1.03 bits per heavy atom. The normalized spacial score (nSPS) is 17.0. The molecule has 1 fully saturated rings. The zero-order valence-electron chi connectivity index (χ0n) is 20.0. The first-order valence-corrected chi connectivity index (χ1v) is 13.5. The van der Waals surface area contributed by atoms with Gasteiger partial charge >= 0.3 is 11.6 Å². The molecule has 8 heteroatoms. The Labute approximate surface area is 204 Å². The number of sulfonamides is 1. The van der Waals surface area contributed by atoms with Crippen LogP contribution in [0.4, 0.5) is 0 Å². The number of carbonyl (C=O) groups is 1. The Morgan fingerprint density at radius 2 is 1.74 bits per heavy atom. The highest BCUT2D eigenvalue weighted by atomic mass is 32.2. The molecule has 2 heterocycles. The van der Waals surface area contributed by atoms with E-state index in [-0.39, 0.29) is 31.6 Å². The quantitative estimate of drug-likeness (QED) is 0.392. The Kier molecular flexibility index (Phi) is 6.27. The summed E-state index contributed by atoms with van der Waals surface area (Å²) in [5.41, 5.74) is 5.00. The monoisotopic (exact) mass is 495 g/mol. The van der Waals surface area contributed by atoms with Gasteiger partial charge in [-0.25, -0.2) is 13.2 Å². The topological polar surface area (TPSA) is 93.9 Å². The maximum absolute atomic E-state index is 13.2. The molecule has 184 valence electrons. The van der Waals surface area contributed by atoms with E-state index in [2.05, 4.69) is 0 Å².